The molecule has 0 aliphatic carbocycles. The largest absolute Gasteiger partial charge is 0.252 e. The van der Waals surface area contributed by atoms with Gasteiger partial charge >= 0.3 is 0 Å². The normalized spacial score (nSPS) is 10.9. The van der Waals surface area contributed by atoms with E-state index in [0.717, 1.165) is 3.57 Å². The lowest BCUT2D eigenvalue weighted by atomic mass is 10.2. The molecular weight excluding hydrogens is 339 g/mol. The van der Waals surface area contributed by atoms with E-state index >= 15 is 0 Å². The molecule has 0 amide bonds. The van der Waals surface area contributed by atoms with E-state index in [1.54, 1.807) is 0 Å². The van der Waals surface area contributed by atoms with Crippen LogP contribution in [0.5, 0.6) is 0 Å². The second-order valence-corrected chi connectivity index (χ2v) is 4.62. The highest BCUT2D eigenvalue weighted by Crippen LogP contribution is 2.33. The first-order valence-electron chi connectivity index (χ1n) is 3.69. The van der Waals surface area contributed by atoms with Crippen molar-refractivity contribution in [3.8, 4) is 0 Å². The number of fused-ring (bicyclic) bond motifs is 1. The summed E-state index contributed by atoms with van der Waals surface area (Å²) in [4.78, 5) is 3.95. The first-order chi connectivity index (χ1) is 6.61. The van der Waals surface area contributed by atoms with Gasteiger partial charge in [-0.15, -0.1) is 0 Å². The van der Waals surface area contributed by atoms with Crippen LogP contribution in [0.3, 0.4) is 0 Å². The molecule has 0 unspecified atom stereocenters. The number of rotatable bonds is 0. The molecule has 0 atom stereocenters. The Morgan fingerprint density at radius 1 is 1.29 bits per heavy atom. The van der Waals surface area contributed by atoms with Crippen LogP contribution < -0.4 is 0 Å². The average molecular weight is 342 g/mol. The van der Waals surface area contributed by atoms with Crippen molar-refractivity contribution >= 4 is 56.7 Å². The van der Waals surface area contributed by atoms with Crippen LogP contribution >= 0.6 is 45.8 Å². The third-order valence-electron chi connectivity index (χ3n) is 1.81. The number of halogens is 4. The van der Waals surface area contributed by atoms with E-state index in [1.165, 1.54) is 18.3 Å². The molecule has 0 saturated carbocycles. The molecule has 0 aliphatic heterocycles. The summed E-state index contributed by atoms with van der Waals surface area (Å²) in [6, 6.07) is 2.75. The second-order valence-electron chi connectivity index (χ2n) is 2.67. The highest BCUT2D eigenvalue weighted by molar-refractivity contribution is 14.1. The summed E-state index contributed by atoms with van der Waals surface area (Å²) in [6.07, 6.45) is 1.52. The molecule has 0 saturated heterocycles. The molecule has 5 heteroatoms. The maximum atomic E-state index is 13.3. The van der Waals surface area contributed by atoms with Gasteiger partial charge in [-0.25, -0.2) is 4.39 Å². The Balaban J connectivity index is 3.01. The number of aromatic nitrogens is 1. The fourth-order valence-electron chi connectivity index (χ4n) is 1.17. The van der Waals surface area contributed by atoms with Gasteiger partial charge in [0.2, 0.25) is 0 Å². The maximum absolute atomic E-state index is 13.3. The van der Waals surface area contributed by atoms with E-state index in [4.69, 9.17) is 23.2 Å². The summed E-state index contributed by atoms with van der Waals surface area (Å²) in [7, 11) is 0. The van der Waals surface area contributed by atoms with Crippen molar-refractivity contribution in [1.29, 1.82) is 0 Å². The smallest absolute Gasteiger partial charge is 0.149 e. The Morgan fingerprint density at radius 2 is 2.00 bits per heavy atom. The van der Waals surface area contributed by atoms with Crippen molar-refractivity contribution in [2.24, 2.45) is 0 Å². The Hall–Kier alpha value is -0.130. The third-order valence-corrected chi connectivity index (χ3v) is 3.66. The molecule has 2 rings (SSSR count). The zero-order valence-electron chi connectivity index (χ0n) is 6.69. The van der Waals surface area contributed by atoms with Gasteiger partial charge in [-0.3, -0.25) is 4.98 Å². The molecule has 2 aromatic rings. The summed E-state index contributed by atoms with van der Waals surface area (Å²) in [5, 5.41) is 1.33. The van der Waals surface area contributed by atoms with Crippen LogP contribution in [0.15, 0.2) is 18.3 Å². The zero-order chi connectivity index (χ0) is 10.3. The first-order valence-corrected chi connectivity index (χ1v) is 5.52. The molecule has 1 heterocycles. The Labute approximate surface area is 103 Å². The van der Waals surface area contributed by atoms with E-state index in [-0.39, 0.29) is 5.52 Å². The second kappa shape index (κ2) is 3.79. The predicted octanol–water partition coefficient (Wildman–Crippen LogP) is 4.29. The van der Waals surface area contributed by atoms with Crippen molar-refractivity contribution in [2.75, 3.05) is 0 Å². The highest BCUT2D eigenvalue weighted by Gasteiger charge is 2.11. The van der Waals surface area contributed by atoms with Crippen LogP contribution in [0, 0.1) is 9.39 Å². The summed E-state index contributed by atoms with van der Waals surface area (Å²) in [6.45, 7) is 0. The molecular formula is C9H3Cl2FIN. The first kappa shape index (κ1) is 10.4. The number of hydrogen-bond donors (Lipinski definition) is 0. The summed E-state index contributed by atoms with van der Waals surface area (Å²) in [5.74, 6) is -0.414. The SMILES string of the molecule is Fc1ccc(Cl)c2c(Cl)c(I)cnc12. The minimum Gasteiger partial charge on any atom is -0.252 e. The summed E-state index contributed by atoms with van der Waals surface area (Å²) in [5.41, 5.74) is 0.211. The van der Waals surface area contributed by atoms with Gasteiger partial charge in [0.05, 0.1) is 13.6 Å². The minimum absolute atomic E-state index is 0.211. The molecule has 0 bridgehead atoms. The predicted molar refractivity (Wildman–Crippen MR) is 64.4 cm³/mol. The quantitative estimate of drug-likeness (QED) is 0.651. The van der Waals surface area contributed by atoms with Crippen LogP contribution in [0.2, 0.25) is 10.0 Å². The van der Waals surface area contributed by atoms with Gasteiger partial charge in [0.25, 0.3) is 0 Å². The molecule has 14 heavy (non-hydrogen) atoms. The van der Waals surface area contributed by atoms with Crippen molar-refractivity contribution in [1.82, 2.24) is 4.98 Å². The molecule has 1 aromatic carbocycles. The minimum atomic E-state index is -0.414. The molecule has 72 valence electrons. The maximum Gasteiger partial charge on any atom is 0.149 e. The van der Waals surface area contributed by atoms with Gasteiger partial charge in [0.1, 0.15) is 11.3 Å². The fraction of sp³-hybridized carbons (Fsp3) is 0. The van der Waals surface area contributed by atoms with Gasteiger partial charge in [-0.2, -0.15) is 0 Å². The summed E-state index contributed by atoms with van der Waals surface area (Å²) >= 11 is 13.9. The van der Waals surface area contributed by atoms with Crippen molar-refractivity contribution in [3.05, 3.63) is 37.8 Å². The van der Waals surface area contributed by atoms with E-state index in [1.807, 2.05) is 22.6 Å². The summed E-state index contributed by atoms with van der Waals surface area (Å²) < 4.78 is 14.0. The number of pyridine rings is 1. The molecule has 0 fully saturated rings. The Kier molecular flexibility index (Phi) is 2.81. The van der Waals surface area contributed by atoms with Crippen LogP contribution in [-0.2, 0) is 0 Å². The molecule has 1 nitrogen and oxygen atoms in total. The van der Waals surface area contributed by atoms with Crippen molar-refractivity contribution in [3.63, 3.8) is 0 Å². The van der Waals surface area contributed by atoms with E-state index in [2.05, 4.69) is 4.98 Å². The van der Waals surface area contributed by atoms with E-state index < -0.39 is 5.82 Å². The van der Waals surface area contributed by atoms with Gasteiger partial charge in [0, 0.05) is 11.6 Å². The lowest BCUT2D eigenvalue weighted by molar-refractivity contribution is 0.637. The molecule has 0 aliphatic rings. The molecule has 1 aromatic heterocycles. The van der Waals surface area contributed by atoms with E-state index in [0.29, 0.717) is 15.4 Å². The van der Waals surface area contributed by atoms with Gasteiger partial charge in [-0.1, -0.05) is 23.2 Å². The van der Waals surface area contributed by atoms with Crippen LogP contribution in [-0.4, -0.2) is 4.98 Å². The number of hydrogen-bond acceptors (Lipinski definition) is 1. The topological polar surface area (TPSA) is 12.9 Å². The van der Waals surface area contributed by atoms with Crippen molar-refractivity contribution < 1.29 is 4.39 Å². The standard InChI is InChI=1S/C9H3Cl2FIN/c10-4-1-2-5(12)9-7(4)8(11)6(13)3-14-9/h1-3H. The monoisotopic (exact) mass is 341 g/mol. The number of nitrogens with zero attached hydrogens (tertiary/aromatic N) is 1. The van der Waals surface area contributed by atoms with Gasteiger partial charge < -0.3 is 0 Å². The fourth-order valence-corrected chi connectivity index (χ4v) is 2.12. The average Bonchev–Trinajstić information content (AvgIpc) is 2.16. The Morgan fingerprint density at radius 3 is 2.71 bits per heavy atom. The zero-order valence-corrected chi connectivity index (χ0v) is 10.4. The lowest BCUT2D eigenvalue weighted by Gasteiger charge is -2.04. The van der Waals surface area contributed by atoms with Crippen LogP contribution in [0.25, 0.3) is 10.9 Å². The molecule has 0 radical (unpaired) electrons. The van der Waals surface area contributed by atoms with Gasteiger partial charge in [-0.05, 0) is 34.7 Å². The van der Waals surface area contributed by atoms with Crippen molar-refractivity contribution in [2.45, 2.75) is 0 Å². The van der Waals surface area contributed by atoms with E-state index in [9.17, 15) is 4.39 Å². The van der Waals surface area contributed by atoms with Gasteiger partial charge in [0.15, 0.2) is 0 Å². The molecule has 0 N–H and O–H groups in total. The lowest BCUT2D eigenvalue weighted by Crippen LogP contribution is -1.88. The van der Waals surface area contributed by atoms with Crippen LogP contribution in [0.4, 0.5) is 4.39 Å². The van der Waals surface area contributed by atoms with Crippen LogP contribution in [0.1, 0.15) is 0 Å². The molecule has 0 spiro atoms. The highest BCUT2D eigenvalue weighted by atomic mass is 127. The Bertz CT molecular complexity index is 516. The number of benzene rings is 1. The third kappa shape index (κ3) is 1.57.